The summed E-state index contributed by atoms with van der Waals surface area (Å²) in [4.78, 5) is 12.7. The van der Waals surface area contributed by atoms with E-state index < -0.39 is 27.6 Å². The molecule has 2 unspecified atom stereocenters. The maximum Gasteiger partial charge on any atom is 0.385 e. The van der Waals surface area contributed by atoms with Crippen LogP contribution in [-0.4, -0.2) is 45.4 Å². The monoisotopic (exact) mass is 590 g/mol. The van der Waals surface area contributed by atoms with Gasteiger partial charge in [-0.25, -0.2) is 4.68 Å². The highest BCUT2D eigenvalue weighted by Crippen LogP contribution is 2.44. The van der Waals surface area contributed by atoms with Crippen LogP contribution in [0.5, 0.6) is 11.5 Å². The Bertz CT molecular complexity index is 1810. The molecule has 0 saturated heterocycles. The molecule has 7 rings (SSSR count). The summed E-state index contributed by atoms with van der Waals surface area (Å²) in [6.45, 7) is 8.67. The van der Waals surface area contributed by atoms with Gasteiger partial charge in [0.2, 0.25) is 0 Å². The van der Waals surface area contributed by atoms with Gasteiger partial charge in [-0.3, -0.25) is 4.79 Å². The molecule has 2 atom stereocenters. The summed E-state index contributed by atoms with van der Waals surface area (Å²) in [5.41, 5.74) is 5.31. The number of hydrogen-bond acceptors (Lipinski definition) is 7. The molecule has 0 aliphatic carbocycles. The van der Waals surface area contributed by atoms with Gasteiger partial charge in [-0.1, -0.05) is 29.5 Å². The summed E-state index contributed by atoms with van der Waals surface area (Å²) < 4.78 is 41.0. The Morgan fingerprint density at radius 1 is 1.02 bits per heavy atom. The number of ether oxygens (including phenoxy) is 1. The molecule has 11 heteroatoms. The minimum absolute atomic E-state index is 0.0685. The second-order valence-corrected chi connectivity index (χ2v) is 13.3. The molecule has 0 spiro atoms. The van der Waals surface area contributed by atoms with Gasteiger partial charge in [0.05, 0.1) is 17.5 Å². The fourth-order valence-electron chi connectivity index (χ4n) is 5.97. The first kappa shape index (κ1) is 28.2. The smallest absolute Gasteiger partial charge is 0.385 e. The zero-order valence-corrected chi connectivity index (χ0v) is 24.9. The van der Waals surface area contributed by atoms with Crippen LogP contribution in [0.4, 0.5) is 0 Å². The molecule has 0 radical (unpaired) electrons. The van der Waals surface area contributed by atoms with Crippen molar-refractivity contribution in [2.24, 2.45) is 5.41 Å². The first-order chi connectivity index (χ1) is 20.0. The molecule has 0 amide bonds. The van der Waals surface area contributed by atoms with Gasteiger partial charge in [0.25, 0.3) is 0 Å². The van der Waals surface area contributed by atoms with E-state index in [0.717, 1.165) is 57.3 Å². The number of carboxylic acid groups (broad SMARTS) is 1. The second kappa shape index (κ2) is 10.4. The zero-order valence-electron chi connectivity index (χ0n) is 24.1. The number of rotatable bonds is 2. The van der Waals surface area contributed by atoms with Crippen molar-refractivity contribution in [1.82, 2.24) is 19.3 Å². The van der Waals surface area contributed by atoms with Crippen LogP contribution in [0, 0.1) is 19.3 Å². The van der Waals surface area contributed by atoms with Gasteiger partial charge < -0.3 is 14.0 Å². The van der Waals surface area contributed by atoms with E-state index in [1.807, 2.05) is 54.9 Å². The van der Waals surface area contributed by atoms with Crippen molar-refractivity contribution in [3.8, 4) is 11.5 Å². The highest BCUT2D eigenvalue weighted by molar-refractivity contribution is 7.84. The number of hydrogen-bond donors (Lipinski definition) is 1. The zero-order chi connectivity index (χ0) is 29.8. The number of carboxylic acids is 1. The van der Waals surface area contributed by atoms with E-state index in [1.54, 1.807) is 26.0 Å². The third kappa shape index (κ3) is 4.90. The summed E-state index contributed by atoms with van der Waals surface area (Å²) >= 11 is 0. The minimum Gasteiger partial charge on any atom is -0.494 e. The molecule has 0 fully saturated rings. The number of benzene rings is 3. The van der Waals surface area contributed by atoms with E-state index in [1.165, 1.54) is 4.31 Å². The molecular weight excluding hydrogens is 556 g/mol. The predicted molar refractivity (Wildman–Crippen MR) is 157 cm³/mol. The van der Waals surface area contributed by atoms with Crippen LogP contribution in [0.15, 0.2) is 48.5 Å². The van der Waals surface area contributed by atoms with Crippen molar-refractivity contribution in [2.75, 3.05) is 6.61 Å². The molecule has 0 saturated carbocycles. The molecule has 3 aliphatic heterocycles. The minimum atomic E-state index is -4.05. The van der Waals surface area contributed by atoms with Crippen molar-refractivity contribution in [2.45, 2.75) is 66.1 Å². The molecule has 10 nitrogen and oxygen atoms in total. The molecule has 220 valence electrons. The van der Waals surface area contributed by atoms with Gasteiger partial charge in [0, 0.05) is 31.1 Å². The SMILES string of the molecule is Cc1ccc2cc1CN1Cc3cc(ccc3OS1(=O)=O)OCCCCn1nnc3c(C)c(ccc31)C2C(C)(C)C(=O)O. The van der Waals surface area contributed by atoms with Crippen molar-refractivity contribution in [1.29, 1.82) is 0 Å². The molecule has 3 aliphatic rings. The van der Waals surface area contributed by atoms with Crippen LogP contribution < -0.4 is 8.92 Å². The highest BCUT2D eigenvalue weighted by Gasteiger charge is 2.40. The van der Waals surface area contributed by atoms with Crippen molar-refractivity contribution >= 4 is 27.3 Å². The van der Waals surface area contributed by atoms with Crippen molar-refractivity contribution < 1.29 is 27.2 Å². The normalized spacial score (nSPS) is 20.3. The number of carbonyl (C=O) groups is 1. The van der Waals surface area contributed by atoms with E-state index in [-0.39, 0.29) is 13.1 Å². The summed E-state index contributed by atoms with van der Waals surface area (Å²) in [6.07, 6.45) is 1.61. The maximum atomic E-state index is 13.2. The molecule has 3 aromatic carbocycles. The van der Waals surface area contributed by atoms with Gasteiger partial charge in [0.15, 0.2) is 0 Å². The van der Waals surface area contributed by atoms with Gasteiger partial charge in [-0.05, 0) is 92.6 Å². The lowest BCUT2D eigenvalue weighted by molar-refractivity contribution is -0.147. The van der Waals surface area contributed by atoms with Crippen LogP contribution in [0.2, 0.25) is 0 Å². The number of fused-ring (bicyclic) bond motifs is 5. The van der Waals surface area contributed by atoms with Gasteiger partial charge in [-0.15, -0.1) is 5.10 Å². The lowest BCUT2D eigenvalue weighted by Crippen LogP contribution is -2.37. The number of nitrogens with zero attached hydrogens (tertiary/aromatic N) is 4. The lowest BCUT2D eigenvalue weighted by Gasteiger charge is -2.33. The quantitative estimate of drug-likeness (QED) is 0.342. The van der Waals surface area contributed by atoms with E-state index in [2.05, 4.69) is 10.3 Å². The largest absolute Gasteiger partial charge is 0.494 e. The fourth-order valence-corrected chi connectivity index (χ4v) is 7.06. The van der Waals surface area contributed by atoms with Crippen molar-refractivity contribution in [3.63, 3.8) is 0 Å². The predicted octanol–water partition coefficient (Wildman–Crippen LogP) is 5.10. The summed E-state index contributed by atoms with van der Waals surface area (Å²) in [5.74, 6) is -0.529. The summed E-state index contributed by atoms with van der Waals surface area (Å²) in [7, 11) is -4.05. The van der Waals surface area contributed by atoms with Crippen LogP contribution >= 0.6 is 0 Å². The third-order valence-corrected chi connectivity index (χ3v) is 9.82. The Morgan fingerprint density at radius 2 is 1.81 bits per heavy atom. The molecule has 9 bridgehead atoms. The van der Waals surface area contributed by atoms with Crippen molar-refractivity contribution in [3.05, 3.63) is 81.9 Å². The van der Waals surface area contributed by atoms with Crippen LogP contribution in [-0.2, 0) is 34.7 Å². The number of aryl methyl sites for hydroxylation is 3. The molecule has 1 aromatic heterocycles. The van der Waals surface area contributed by atoms with Crippen LogP contribution in [0.25, 0.3) is 11.0 Å². The molecule has 1 N–H and O–H groups in total. The second-order valence-electron chi connectivity index (χ2n) is 11.7. The number of aliphatic carboxylic acids is 1. The van der Waals surface area contributed by atoms with E-state index in [4.69, 9.17) is 8.92 Å². The Labute approximate surface area is 245 Å². The Morgan fingerprint density at radius 3 is 2.60 bits per heavy atom. The van der Waals surface area contributed by atoms with E-state index >= 15 is 0 Å². The lowest BCUT2D eigenvalue weighted by atomic mass is 9.69. The average molecular weight is 591 g/mol. The van der Waals surface area contributed by atoms with Gasteiger partial charge in [-0.2, -0.15) is 12.7 Å². The Hall–Kier alpha value is -3.96. The first-order valence-electron chi connectivity index (χ1n) is 14.1. The molecule has 4 heterocycles. The fraction of sp³-hybridized carbons (Fsp3) is 0.387. The first-order valence-corrected chi connectivity index (χ1v) is 15.4. The molecule has 42 heavy (non-hydrogen) atoms. The number of aromatic nitrogens is 3. The average Bonchev–Trinajstić information content (AvgIpc) is 3.35. The molecule has 4 aromatic rings. The molecular formula is C31H34N4O6S. The van der Waals surface area contributed by atoms with E-state index in [0.29, 0.717) is 24.7 Å². The summed E-state index contributed by atoms with van der Waals surface area (Å²) in [5, 5.41) is 19.3. The topological polar surface area (TPSA) is 124 Å². The Kier molecular flexibility index (Phi) is 6.97. The van der Waals surface area contributed by atoms with Gasteiger partial charge in [0.1, 0.15) is 17.0 Å². The maximum absolute atomic E-state index is 13.2. The van der Waals surface area contributed by atoms with Gasteiger partial charge >= 0.3 is 16.3 Å². The van der Waals surface area contributed by atoms with Crippen LogP contribution in [0.1, 0.15) is 66.0 Å². The summed E-state index contributed by atoms with van der Waals surface area (Å²) in [6, 6.07) is 14.9. The standard InChI is InChI=1S/C31H34N4O6S/c1-19-7-8-21-15-22(19)17-34-18-23-16-24(9-12-27(23)41-42(34,38)39)40-14-6-5-13-35-26-11-10-25(20(2)29(26)32-33-35)28(21)31(3,4)30(36)37/h7-12,15-16,28H,5-6,13-14,17-18H2,1-4H3,(H,36,37). The van der Waals surface area contributed by atoms with E-state index in [9.17, 15) is 18.3 Å². The van der Waals surface area contributed by atoms with Crippen LogP contribution in [0.3, 0.4) is 0 Å². The third-order valence-electron chi connectivity index (χ3n) is 8.54. The Balaban J connectivity index is 1.52. The highest BCUT2D eigenvalue weighted by atomic mass is 32.2.